The summed E-state index contributed by atoms with van der Waals surface area (Å²) in [6.07, 6.45) is 1.47. The first-order valence-corrected chi connectivity index (χ1v) is 8.51. The summed E-state index contributed by atoms with van der Waals surface area (Å²) in [4.78, 5) is 24.0. The van der Waals surface area contributed by atoms with E-state index in [2.05, 4.69) is 0 Å². The number of furan rings is 2. The molecule has 0 unspecified atom stereocenters. The highest BCUT2D eigenvalue weighted by Crippen LogP contribution is 2.32. The van der Waals surface area contributed by atoms with Crippen molar-refractivity contribution < 1.29 is 27.9 Å². The van der Waals surface area contributed by atoms with Crippen LogP contribution in [-0.2, 0) is 6.61 Å². The molecule has 1 aromatic carbocycles. The third-order valence-electron chi connectivity index (χ3n) is 4.44. The Kier molecular flexibility index (Phi) is 4.27. The van der Waals surface area contributed by atoms with Gasteiger partial charge in [-0.25, -0.2) is 4.79 Å². The molecule has 0 aliphatic carbocycles. The summed E-state index contributed by atoms with van der Waals surface area (Å²) in [5.41, 5.74) is 2.03. The lowest BCUT2D eigenvalue weighted by atomic mass is 10.1. The van der Waals surface area contributed by atoms with Crippen LogP contribution in [-0.4, -0.2) is 11.1 Å². The molecule has 0 amide bonds. The van der Waals surface area contributed by atoms with Crippen LogP contribution in [0.1, 0.15) is 27.4 Å². The lowest BCUT2D eigenvalue weighted by molar-refractivity contribution is 0.0658. The minimum atomic E-state index is -1.18. The molecule has 4 rings (SSSR count). The number of hydrogen-bond donors (Lipinski definition) is 1. The number of aryl methyl sites for hydroxylation is 2. The van der Waals surface area contributed by atoms with Crippen LogP contribution in [0.3, 0.4) is 0 Å². The van der Waals surface area contributed by atoms with E-state index >= 15 is 0 Å². The first kappa shape index (κ1) is 17.7. The number of carbonyl (C=O) groups is 1. The standard InChI is InChI=1S/C21H16O7/c1-11-8-14-17(9-12(11)2)28-19(15-4-3-7-25-15)20(18(14)22)26-10-13-5-6-16(27-13)21(23)24/h3-9H,10H2,1-2H3,(H,23,24). The predicted octanol–water partition coefficient (Wildman–Crippen LogP) is 4.54. The van der Waals surface area contributed by atoms with Gasteiger partial charge in [0.05, 0.1) is 11.6 Å². The number of ether oxygens (including phenoxy) is 1. The molecule has 142 valence electrons. The Morgan fingerprint density at radius 2 is 1.89 bits per heavy atom. The summed E-state index contributed by atoms with van der Waals surface area (Å²) < 4.78 is 22.2. The van der Waals surface area contributed by atoms with E-state index in [9.17, 15) is 9.59 Å². The highest BCUT2D eigenvalue weighted by atomic mass is 16.5. The maximum Gasteiger partial charge on any atom is 0.371 e. The Labute approximate surface area is 158 Å². The monoisotopic (exact) mass is 380 g/mol. The van der Waals surface area contributed by atoms with Crippen LogP contribution in [0.2, 0.25) is 0 Å². The molecule has 3 heterocycles. The molecule has 0 fully saturated rings. The van der Waals surface area contributed by atoms with E-state index in [1.165, 1.54) is 18.4 Å². The van der Waals surface area contributed by atoms with E-state index < -0.39 is 5.97 Å². The number of hydrogen-bond acceptors (Lipinski definition) is 6. The largest absolute Gasteiger partial charge is 0.478 e. The van der Waals surface area contributed by atoms with Gasteiger partial charge in [0.2, 0.25) is 22.7 Å². The van der Waals surface area contributed by atoms with Gasteiger partial charge in [-0.2, -0.15) is 0 Å². The smallest absolute Gasteiger partial charge is 0.371 e. The molecule has 7 heteroatoms. The van der Waals surface area contributed by atoms with Crippen LogP contribution in [0, 0.1) is 13.8 Å². The average molecular weight is 380 g/mol. The van der Waals surface area contributed by atoms with E-state index in [1.807, 2.05) is 13.8 Å². The van der Waals surface area contributed by atoms with Crippen molar-refractivity contribution in [3.05, 3.63) is 75.5 Å². The summed E-state index contributed by atoms with van der Waals surface area (Å²) in [6, 6.07) is 9.69. The Balaban J connectivity index is 1.81. The molecule has 0 saturated carbocycles. The minimum absolute atomic E-state index is 0.0287. The SMILES string of the molecule is Cc1cc2oc(-c3ccco3)c(OCc3ccc(C(=O)O)o3)c(=O)c2cc1C. The quantitative estimate of drug-likeness (QED) is 0.542. The van der Waals surface area contributed by atoms with E-state index in [4.69, 9.17) is 23.1 Å². The molecule has 0 aliphatic rings. The van der Waals surface area contributed by atoms with E-state index in [0.717, 1.165) is 11.1 Å². The van der Waals surface area contributed by atoms with Crippen molar-refractivity contribution in [2.45, 2.75) is 20.5 Å². The van der Waals surface area contributed by atoms with Gasteiger partial charge in [-0.1, -0.05) is 0 Å². The zero-order valence-corrected chi connectivity index (χ0v) is 15.1. The van der Waals surface area contributed by atoms with Crippen LogP contribution in [0.4, 0.5) is 0 Å². The third-order valence-corrected chi connectivity index (χ3v) is 4.44. The second-order valence-electron chi connectivity index (χ2n) is 6.36. The maximum atomic E-state index is 13.1. The highest BCUT2D eigenvalue weighted by Gasteiger charge is 2.21. The van der Waals surface area contributed by atoms with Gasteiger partial charge in [-0.05, 0) is 61.4 Å². The first-order valence-electron chi connectivity index (χ1n) is 8.51. The van der Waals surface area contributed by atoms with Crippen LogP contribution < -0.4 is 10.2 Å². The molecule has 0 saturated heterocycles. The number of benzene rings is 1. The fourth-order valence-electron chi connectivity index (χ4n) is 2.85. The summed E-state index contributed by atoms with van der Waals surface area (Å²) in [7, 11) is 0. The molecule has 4 aromatic rings. The van der Waals surface area contributed by atoms with Crippen molar-refractivity contribution >= 4 is 16.9 Å². The molecular weight excluding hydrogens is 364 g/mol. The second-order valence-corrected chi connectivity index (χ2v) is 6.36. The molecule has 0 atom stereocenters. The molecule has 3 aromatic heterocycles. The first-order chi connectivity index (χ1) is 13.4. The zero-order valence-electron chi connectivity index (χ0n) is 15.1. The van der Waals surface area contributed by atoms with Gasteiger partial charge in [0, 0.05) is 0 Å². The van der Waals surface area contributed by atoms with Gasteiger partial charge >= 0.3 is 5.97 Å². The Morgan fingerprint density at radius 1 is 1.11 bits per heavy atom. The number of rotatable bonds is 5. The lowest BCUT2D eigenvalue weighted by Crippen LogP contribution is -2.10. The van der Waals surface area contributed by atoms with Gasteiger partial charge in [-0.15, -0.1) is 0 Å². The number of carboxylic acid groups (broad SMARTS) is 1. The fraction of sp³-hybridized carbons (Fsp3) is 0.143. The Hall–Kier alpha value is -3.74. The van der Waals surface area contributed by atoms with Crippen molar-refractivity contribution in [1.82, 2.24) is 0 Å². The van der Waals surface area contributed by atoms with Crippen LogP contribution in [0.5, 0.6) is 5.75 Å². The summed E-state index contributed by atoms with van der Waals surface area (Å²) in [5.74, 6) is -0.643. The molecule has 7 nitrogen and oxygen atoms in total. The maximum absolute atomic E-state index is 13.1. The van der Waals surface area contributed by atoms with Crippen molar-refractivity contribution in [1.29, 1.82) is 0 Å². The number of carboxylic acids is 1. The summed E-state index contributed by atoms with van der Waals surface area (Å²) in [5, 5.41) is 9.34. The van der Waals surface area contributed by atoms with Crippen LogP contribution in [0.25, 0.3) is 22.5 Å². The van der Waals surface area contributed by atoms with Gasteiger partial charge < -0.3 is 23.1 Å². The Bertz CT molecular complexity index is 1230. The topological polar surface area (TPSA) is 103 Å². The van der Waals surface area contributed by atoms with Crippen LogP contribution in [0.15, 0.2) is 60.7 Å². The number of aromatic carboxylic acids is 1. The van der Waals surface area contributed by atoms with E-state index in [-0.39, 0.29) is 35.1 Å². The van der Waals surface area contributed by atoms with Crippen molar-refractivity contribution in [3.63, 3.8) is 0 Å². The predicted molar refractivity (Wildman–Crippen MR) is 99.7 cm³/mol. The zero-order chi connectivity index (χ0) is 19.8. The molecule has 0 spiro atoms. The molecule has 1 N–H and O–H groups in total. The van der Waals surface area contributed by atoms with Crippen molar-refractivity contribution in [3.8, 4) is 17.3 Å². The van der Waals surface area contributed by atoms with Crippen molar-refractivity contribution in [2.75, 3.05) is 0 Å². The molecule has 0 bridgehead atoms. The average Bonchev–Trinajstić information content (AvgIpc) is 3.34. The number of fused-ring (bicyclic) bond motifs is 1. The lowest BCUT2D eigenvalue weighted by Gasteiger charge is -2.10. The summed E-state index contributed by atoms with van der Waals surface area (Å²) in [6.45, 7) is 3.70. The van der Waals surface area contributed by atoms with E-state index in [1.54, 1.807) is 24.3 Å². The fourth-order valence-corrected chi connectivity index (χ4v) is 2.85. The van der Waals surface area contributed by atoms with Crippen LogP contribution >= 0.6 is 0 Å². The van der Waals surface area contributed by atoms with Gasteiger partial charge in [0.25, 0.3) is 0 Å². The molecule has 0 aliphatic heterocycles. The van der Waals surface area contributed by atoms with Gasteiger partial charge in [-0.3, -0.25) is 4.79 Å². The van der Waals surface area contributed by atoms with Gasteiger partial charge in [0.15, 0.2) is 5.76 Å². The normalized spacial score (nSPS) is 11.1. The molecular formula is C21H16O7. The minimum Gasteiger partial charge on any atom is -0.478 e. The second kappa shape index (κ2) is 6.77. The summed E-state index contributed by atoms with van der Waals surface area (Å²) >= 11 is 0. The van der Waals surface area contributed by atoms with E-state index in [0.29, 0.717) is 16.7 Å². The molecule has 28 heavy (non-hydrogen) atoms. The Morgan fingerprint density at radius 3 is 2.57 bits per heavy atom. The highest BCUT2D eigenvalue weighted by molar-refractivity contribution is 5.84. The molecule has 0 radical (unpaired) electrons. The van der Waals surface area contributed by atoms with Gasteiger partial charge in [0.1, 0.15) is 18.0 Å². The third kappa shape index (κ3) is 3.07. The van der Waals surface area contributed by atoms with Crippen molar-refractivity contribution in [2.24, 2.45) is 0 Å².